The second kappa shape index (κ2) is 11.2. The van der Waals surface area contributed by atoms with Crippen LogP contribution in [0.2, 0.25) is 0 Å². The molecule has 5 rings (SSSR count). The summed E-state index contributed by atoms with van der Waals surface area (Å²) < 4.78 is 6.06. The number of amides is 1. The van der Waals surface area contributed by atoms with Gasteiger partial charge in [0.15, 0.2) is 11.5 Å². The summed E-state index contributed by atoms with van der Waals surface area (Å²) in [5.74, 6) is 0.0434. The fraction of sp³-hybridized carbons (Fsp3) is 0.429. The highest BCUT2D eigenvalue weighted by Gasteiger charge is 2.30. The van der Waals surface area contributed by atoms with Crippen LogP contribution in [0.3, 0.4) is 0 Å². The van der Waals surface area contributed by atoms with Crippen LogP contribution in [-0.4, -0.2) is 84.6 Å². The Balaban J connectivity index is 1.47. The van der Waals surface area contributed by atoms with E-state index in [0.717, 1.165) is 36.7 Å². The highest BCUT2D eigenvalue weighted by Crippen LogP contribution is 2.30. The lowest BCUT2D eigenvalue weighted by Gasteiger charge is -2.39. The topological polar surface area (TPSA) is 124 Å². The number of nitrogen functional groups attached to an aromatic ring is 1. The van der Waals surface area contributed by atoms with Crippen molar-refractivity contribution in [1.29, 1.82) is 5.26 Å². The molecular weight excluding hydrogens is 480 g/mol. The molecule has 2 aromatic carbocycles. The maximum absolute atomic E-state index is 13.6. The first-order valence-corrected chi connectivity index (χ1v) is 13.1. The van der Waals surface area contributed by atoms with Gasteiger partial charge in [0, 0.05) is 42.8 Å². The van der Waals surface area contributed by atoms with Gasteiger partial charge in [0.2, 0.25) is 0 Å². The van der Waals surface area contributed by atoms with Crippen molar-refractivity contribution in [1.82, 2.24) is 19.8 Å². The lowest BCUT2D eigenvalue weighted by atomic mass is 10.1. The highest BCUT2D eigenvalue weighted by atomic mass is 16.5. The molecule has 1 amide bonds. The van der Waals surface area contributed by atoms with Gasteiger partial charge < -0.3 is 25.6 Å². The van der Waals surface area contributed by atoms with Crippen LogP contribution in [0.15, 0.2) is 42.5 Å². The van der Waals surface area contributed by atoms with Crippen molar-refractivity contribution in [3.05, 3.63) is 48.2 Å². The number of ether oxygens (including phenoxy) is 1. The van der Waals surface area contributed by atoms with Crippen LogP contribution in [-0.2, 0) is 0 Å². The maximum Gasteiger partial charge on any atom is 0.319 e. The van der Waals surface area contributed by atoms with Gasteiger partial charge in [0.1, 0.15) is 12.3 Å². The van der Waals surface area contributed by atoms with Crippen molar-refractivity contribution in [3.8, 4) is 12.1 Å². The van der Waals surface area contributed by atoms with Crippen LogP contribution in [0, 0.1) is 11.3 Å². The number of fused-ring (bicyclic) bond motifs is 1. The van der Waals surface area contributed by atoms with Gasteiger partial charge in [-0.1, -0.05) is 36.4 Å². The van der Waals surface area contributed by atoms with Gasteiger partial charge in [0.05, 0.1) is 12.5 Å². The third-order valence-electron chi connectivity index (χ3n) is 7.64. The number of hydrogen-bond acceptors (Lipinski definition) is 9. The molecule has 2 aliphatic rings. The number of aromatic nitrogens is 2. The highest BCUT2D eigenvalue weighted by molar-refractivity contribution is 6.11. The number of hydrogen-bond donors (Lipinski definition) is 2. The fourth-order valence-electron chi connectivity index (χ4n) is 5.26. The monoisotopic (exact) mass is 514 g/mol. The van der Waals surface area contributed by atoms with Gasteiger partial charge in [0.25, 0.3) is 5.91 Å². The molecular formula is C28H34N8O2. The standard InChI is InChI=1S/C28H34N8O2/c1-34-14-6-9-21(34)18-38-28-32-25(27(37)31-23-11-5-8-19-7-3-4-10-22(19)23)24(30)26(33-28)36-16-15-35(2)20(17-36)12-13-29/h3-5,7-8,10-11,20-21H,6,9,12,14-18,30H2,1-2H3,(H,31,37)/t20-,21-/m0/s1. The van der Waals surface area contributed by atoms with Gasteiger partial charge >= 0.3 is 6.01 Å². The maximum atomic E-state index is 13.6. The Labute approximate surface area is 223 Å². The first kappa shape index (κ1) is 25.7. The molecule has 0 saturated carbocycles. The largest absolute Gasteiger partial charge is 0.462 e. The normalized spacial score (nSPS) is 20.4. The predicted molar refractivity (Wildman–Crippen MR) is 148 cm³/mol. The van der Waals surface area contributed by atoms with E-state index in [1.807, 2.05) is 54.4 Å². The van der Waals surface area contributed by atoms with Crippen LogP contribution in [0.5, 0.6) is 6.01 Å². The second-order valence-corrected chi connectivity index (χ2v) is 10.1. The molecule has 2 saturated heterocycles. The Bertz CT molecular complexity index is 1350. The van der Waals surface area contributed by atoms with Crippen molar-refractivity contribution < 1.29 is 9.53 Å². The SMILES string of the molecule is CN1CCC[C@H]1COc1nc(C(=O)Nc2cccc3ccccc23)c(N)c(N2CCN(C)[C@@H](CC#N)C2)n1. The third kappa shape index (κ3) is 5.35. The first-order chi connectivity index (χ1) is 18.4. The van der Waals surface area contributed by atoms with E-state index in [1.54, 1.807) is 0 Å². The zero-order chi connectivity index (χ0) is 26.6. The summed E-state index contributed by atoms with van der Waals surface area (Å²) in [5.41, 5.74) is 7.53. The van der Waals surface area contributed by atoms with E-state index in [2.05, 4.69) is 38.2 Å². The molecule has 2 aliphatic heterocycles. The third-order valence-corrected chi connectivity index (χ3v) is 7.64. The fourth-order valence-corrected chi connectivity index (χ4v) is 5.26. The molecule has 2 atom stereocenters. The van der Waals surface area contributed by atoms with Crippen molar-refractivity contribution in [2.75, 3.05) is 62.8 Å². The number of likely N-dealkylation sites (N-methyl/N-ethyl adjacent to an activating group) is 2. The Morgan fingerprint density at radius 2 is 1.89 bits per heavy atom. The molecule has 0 radical (unpaired) electrons. The summed E-state index contributed by atoms with van der Waals surface area (Å²) in [6.07, 6.45) is 2.56. The Morgan fingerprint density at radius 1 is 1.11 bits per heavy atom. The quantitative estimate of drug-likeness (QED) is 0.490. The van der Waals surface area contributed by atoms with E-state index in [0.29, 0.717) is 37.6 Å². The number of nitrogens with zero attached hydrogens (tertiary/aromatic N) is 6. The smallest absolute Gasteiger partial charge is 0.319 e. The van der Waals surface area contributed by atoms with Crippen molar-refractivity contribution in [2.24, 2.45) is 0 Å². The average molecular weight is 515 g/mol. The van der Waals surface area contributed by atoms with Gasteiger partial charge in [-0.15, -0.1) is 0 Å². The van der Waals surface area contributed by atoms with E-state index in [-0.39, 0.29) is 29.5 Å². The molecule has 3 heterocycles. The van der Waals surface area contributed by atoms with Crippen molar-refractivity contribution in [3.63, 3.8) is 0 Å². The molecule has 2 fully saturated rings. The van der Waals surface area contributed by atoms with Crippen LogP contribution >= 0.6 is 0 Å². The van der Waals surface area contributed by atoms with E-state index in [1.165, 1.54) is 0 Å². The van der Waals surface area contributed by atoms with Crippen LogP contribution < -0.4 is 20.7 Å². The van der Waals surface area contributed by atoms with Gasteiger partial charge in [-0.05, 0) is 44.9 Å². The number of carbonyl (C=O) groups is 1. The molecule has 0 aliphatic carbocycles. The number of benzene rings is 2. The van der Waals surface area contributed by atoms with Gasteiger partial charge in [-0.3, -0.25) is 9.69 Å². The molecule has 0 unspecified atom stereocenters. The number of nitrogens with one attached hydrogen (secondary N) is 1. The molecule has 10 heteroatoms. The molecule has 0 bridgehead atoms. The van der Waals surface area contributed by atoms with Gasteiger partial charge in [-0.2, -0.15) is 15.2 Å². The van der Waals surface area contributed by atoms with E-state index in [4.69, 9.17) is 10.5 Å². The second-order valence-electron chi connectivity index (χ2n) is 10.1. The van der Waals surface area contributed by atoms with Crippen LogP contribution in [0.4, 0.5) is 17.2 Å². The Kier molecular flexibility index (Phi) is 7.58. The van der Waals surface area contributed by atoms with E-state index >= 15 is 0 Å². The molecule has 0 spiro atoms. The number of piperazine rings is 1. The number of carbonyl (C=O) groups excluding carboxylic acids is 1. The summed E-state index contributed by atoms with van der Waals surface area (Å²) in [7, 11) is 4.09. The van der Waals surface area contributed by atoms with Gasteiger partial charge in [-0.25, -0.2) is 0 Å². The molecule has 1 aromatic heterocycles. The van der Waals surface area contributed by atoms with Crippen molar-refractivity contribution >= 4 is 33.9 Å². The molecule has 38 heavy (non-hydrogen) atoms. The lowest BCUT2D eigenvalue weighted by molar-refractivity contribution is 0.102. The minimum atomic E-state index is -0.423. The van der Waals surface area contributed by atoms with Crippen LogP contribution in [0.1, 0.15) is 29.8 Å². The molecule has 198 valence electrons. The summed E-state index contributed by atoms with van der Waals surface area (Å²) in [5, 5.41) is 14.2. The number of rotatable bonds is 7. The Hall–Kier alpha value is -3.94. The molecule has 10 nitrogen and oxygen atoms in total. The van der Waals surface area contributed by atoms with E-state index in [9.17, 15) is 10.1 Å². The minimum Gasteiger partial charge on any atom is -0.462 e. The minimum absolute atomic E-state index is 0.0348. The number of nitriles is 1. The van der Waals surface area contributed by atoms with Crippen LogP contribution in [0.25, 0.3) is 10.8 Å². The van der Waals surface area contributed by atoms with Crippen molar-refractivity contribution in [2.45, 2.75) is 31.3 Å². The predicted octanol–water partition coefficient (Wildman–Crippen LogP) is 2.97. The summed E-state index contributed by atoms with van der Waals surface area (Å²) in [6, 6.07) is 16.3. The number of likely N-dealkylation sites (tertiary alicyclic amines) is 1. The zero-order valence-electron chi connectivity index (χ0n) is 21.9. The molecule has 3 aromatic rings. The summed E-state index contributed by atoms with van der Waals surface area (Å²) in [6.45, 7) is 3.44. The lowest BCUT2D eigenvalue weighted by Crippen LogP contribution is -2.51. The molecule has 3 N–H and O–H groups in total. The number of anilines is 3. The van der Waals surface area contributed by atoms with E-state index < -0.39 is 5.91 Å². The zero-order valence-corrected chi connectivity index (χ0v) is 21.9. The first-order valence-electron chi connectivity index (χ1n) is 13.1. The summed E-state index contributed by atoms with van der Waals surface area (Å²) >= 11 is 0. The Morgan fingerprint density at radius 3 is 2.68 bits per heavy atom. The average Bonchev–Trinajstić information content (AvgIpc) is 3.34. The number of nitrogens with two attached hydrogens (primary N) is 1. The summed E-state index contributed by atoms with van der Waals surface area (Å²) in [4.78, 5) is 29.2.